The third kappa shape index (κ3) is 1.64. The molecule has 16 heavy (non-hydrogen) atoms. The first kappa shape index (κ1) is 10.6. The lowest BCUT2D eigenvalue weighted by molar-refractivity contribution is 0.0696. The third-order valence-electron chi connectivity index (χ3n) is 2.73. The number of hydrogen-bond acceptors (Lipinski definition) is 3. The first-order valence-electron chi connectivity index (χ1n) is 5.21. The minimum atomic E-state index is -0.939. The smallest absolute Gasteiger partial charge is 0.337 e. The van der Waals surface area contributed by atoms with Crippen LogP contribution in [0.1, 0.15) is 42.4 Å². The summed E-state index contributed by atoms with van der Waals surface area (Å²) < 4.78 is 1.75. The number of pyridine rings is 1. The molecule has 0 fully saturated rings. The van der Waals surface area contributed by atoms with Gasteiger partial charge in [-0.25, -0.2) is 4.79 Å². The van der Waals surface area contributed by atoms with Gasteiger partial charge in [-0.3, -0.25) is 4.40 Å². The highest BCUT2D eigenvalue weighted by atomic mass is 16.4. The molecule has 2 aromatic heterocycles. The second-order valence-corrected chi connectivity index (χ2v) is 3.82. The molecule has 0 spiro atoms. The molecule has 0 aromatic carbocycles. The Labute approximate surface area is 92.7 Å². The van der Waals surface area contributed by atoms with Gasteiger partial charge in [0.1, 0.15) is 5.82 Å². The van der Waals surface area contributed by atoms with Crippen LogP contribution in [0.15, 0.2) is 18.3 Å². The lowest BCUT2D eigenvalue weighted by Crippen LogP contribution is -2.03. The van der Waals surface area contributed by atoms with E-state index in [9.17, 15) is 4.79 Å². The van der Waals surface area contributed by atoms with Gasteiger partial charge in [0, 0.05) is 12.1 Å². The Morgan fingerprint density at radius 1 is 1.50 bits per heavy atom. The van der Waals surface area contributed by atoms with E-state index in [1.165, 1.54) is 6.07 Å². The van der Waals surface area contributed by atoms with Crippen molar-refractivity contribution in [1.82, 2.24) is 14.6 Å². The van der Waals surface area contributed by atoms with Gasteiger partial charge in [0.2, 0.25) is 0 Å². The van der Waals surface area contributed by atoms with Crippen LogP contribution in [0, 0.1) is 0 Å². The Balaban J connectivity index is 2.60. The maximum atomic E-state index is 10.9. The Bertz CT molecular complexity index is 533. The predicted octanol–water partition coefficient (Wildman–Crippen LogP) is 1.94. The number of carboxylic acids is 1. The molecule has 1 unspecified atom stereocenters. The normalized spacial score (nSPS) is 12.9. The number of fused-ring (bicyclic) bond motifs is 1. The SMILES string of the molecule is CCC(C)c1nnc2ccc(C(=O)O)cn12. The van der Waals surface area contributed by atoms with Gasteiger partial charge in [0.05, 0.1) is 5.56 Å². The summed E-state index contributed by atoms with van der Waals surface area (Å²) in [6.45, 7) is 4.11. The van der Waals surface area contributed by atoms with E-state index in [-0.39, 0.29) is 11.5 Å². The third-order valence-corrected chi connectivity index (χ3v) is 2.73. The van der Waals surface area contributed by atoms with Gasteiger partial charge < -0.3 is 5.11 Å². The molecule has 5 nitrogen and oxygen atoms in total. The molecular formula is C11H13N3O2. The van der Waals surface area contributed by atoms with Gasteiger partial charge in [-0.15, -0.1) is 10.2 Å². The van der Waals surface area contributed by atoms with E-state index in [0.717, 1.165) is 12.2 Å². The molecule has 5 heteroatoms. The summed E-state index contributed by atoms with van der Waals surface area (Å²) in [7, 11) is 0. The minimum Gasteiger partial charge on any atom is -0.478 e. The van der Waals surface area contributed by atoms with E-state index in [1.807, 2.05) is 6.92 Å². The van der Waals surface area contributed by atoms with Gasteiger partial charge in [-0.2, -0.15) is 0 Å². The van der Waals surface area contributed by atoms with Gasteiger partial charge >= 0.3 is 5.97 Å². The van der Waals surface area contributed by atoms with Crippen LogP contribution in [0.2, 0.25) is 0 Å². The van der Waals surface area contributed by atoms with Crippen LogP contribution < -0.4 is 0 Å². The first-order valence-corrected chi connectivity index (χ1v) is 5.21. The molecule has 1 atom stereocenters. The molecular weight excluding hydrogens is 206 g/mol. The topological polar surface area (TPSA) is 67.5 Å². The molecule has 1 N–H and O–H groups in total. The van der Waals surface area contributed by atoms with Crippen molar-refractivity contribution in [2.24, 2.45) is 0 Å². The molecule has 0 saturated carbocycles. The summed E-state index contributed by atoms with van der Waals surface area (Å²) in [4.78, 5) is 10.9. The number of carbonyl (C=O) groups is 1. The van der Waals surface area contributed by atoms with Crippen LogP contribution in [0.5, 0.6) is 0 Å². The van der Waals surface area contributed by atoms with Crippen LogP contribution in [0.3, 0.4) is 0 Å². The number of hydrogen-bond donors (Lipinski definition) is 1. The molecule has 0 amide bonds. The number of rotatable bonds is 3. The highest BCUT2D eigenvalue weighted by Crippen LogP contribution is 2.17. The van der Waals surface area contributed by atoms with E-state index >= 15 is 0 Å². The largest absolute Gasteiger partial charge is 0.478 e. The van der Waals surface area contributed by atoms with E-state index in [1.54, 1.807) is 16.7 Å². The molecule has 0 aliphatic rings. The standard InChI is InChI=1S/C11H13N3O2/c1-3-7(2)10-13-12-9-5-4-8(11(15)16)6-14(9)10/h4-7H,3H2,1-2H3,(H,15,16). The number of nitrogens with zero attached hydrogens (tertiary/aromatic N) is 3. The molecule has 0 bridgehead atoms. The Kier molecular flexibility index (Phi) is 2.60. The zero-order valence-corrected chi connectivity index (χ0v) is 9.21. The van der Waals surface area contributed by atoms with E-state index in [2.05, 4.69) is 17.1 Å². The molecule has 2 rings (SSSR count). The Morgan fingerprint density at radius 2 is 2.25 bits per heavy atom. The molecule has 2 heterocycles. The van der Waals surface area contributed by atoms with Crippen molar-refractivity contribution in [3.8, 4) is 0 Å². The fourth-order valence-electron chi connectivity index (χ4n) is 1.55. The molecule has 0 aliphatic heterocycles. The van der Waals surface area contributed by atoms with Crippen LogP contribution in [0.4, 0.5) is 0 Å². The number of aromatic nitrogens is 3. The second-order valence-electron chi connectivity index (χ2n) is 3.82. The quantitative estimate of drug-likeness (QED) is 0.856. The summed E-state index contributed by atoms with van der Waals surface area (Å²) in [6, 6.07) is 3.20. The molecule has 0 saturated heterocycles. The van der Waals surface area contributed by atoms with Gasteiger partial charge in [0.25, 0.3) is 0 Å². The van der Waals surface area contributed by atoms with Gasteiger partial charge in [-0.05, 0) is 18.6 Å². The summed E-state index contributed by atoms with van der Waals surface area (Å²) in [5, 5.41) is 17.0. The van der Waals surface area contributed by atoms with Gasteiger partial charge in [0.15, 0.2) is 5.65 Å². The van der Waals surface area contributed by atoms with Crippen LogP contribution in [-0.2, 0) is 0 Å². The van der Waals surface area contributed by atoms with Gasteiger partial charge in [-0.1, -0.05) is 13.8 Å². The summed E-state index contributed by atoms with van der Waals surface area (Å²) in [5.74, 6) is 0.130. The maximum absolute atomic E-state index is 10.9. The van der Waals surface area contributed by atoms with Crippen molar-refractivity contribution in [1.29, 1.82) is 0 Å². The van der Waals surface area contributed by atoms with Crippen molar-refractivity contribution in [2.45, 2.75) is 26.2 Å². The van der Waals surface area contributed by atoms with Crippen molar-refractivity contribution in [3.05, 3.63) is 29.7 Å². The second kappa shape index (κ2) is 3.92. The van der Waals surface area contributed by atoms with E-state index in [0.29, 0.717) is 5.65 Å². The fourth-order valence-corrected chi connectivity index (χ4v) is 1.55. The summed E-state index contributed by atoms with van der Waals surface area (Å²) in [5.41, 5.74) is 0.928. The van der Waals surface area contributed by atoms with Crippen molar-refractivity contribution in [2.75, 3.05) is 0 Å². The van der Waals surface area contributed by atoms with Crippen molar-refractivity contribution < 1.29 is 9.90 Å². The summed E-state index contributed by atoms with van der Waals surface area (Å²) in [6.07, 6.45) is 2.51. The average molecular weight is 219 g/mol. The highest BCUT2D eigenvalue weighted by Gasteiger charge is 2.13. The van der Waals surface area contributed by atoms with E-state index in [4.69, 9.17) is 5.11 Å². The van der Waals surface area contributed by atoms with Crippen LogP contribution in [-0.4, -0.2) is 25.7 Å². The lowest BCUT2D eigenvalue weighted by Gasteiger charge is -2.06. The van der Waals surface area contributed by atoms with E-state index < -0.39 is 5.97 Å². The molecule has 0 radical (unpaired) electrons. The lowest BCUT2D eigenvalue weighted by atomic mass is 10.1. The number of aromatic carboxylic acids is 1. The van der Waals surface area contributed by atoms with Crippen LogP contribution >= 0.6 is 0 Å². The number of carboxylic acid groups (broad SMARTS) is 1. The predicted molar refractivity (Wildman–Crippen MR) is 58.7 cm³/mol. The summed E-state index contributed by atoms with van der Waals surface area (Å²) >= 11 is 0. The Hall–Kier alpha value is -1.91. The van der Waals surface area contributed by atoms with Crippen molar-refractivity contribution in [3.63, 3.8) is 0 Å². The zero-order valence-electron chi connectivity index (χ0n) is 9.21. The molecule has 2 aromatic rings. The highest BCUT2D eigenvalue weighted by molar-refractivity contribution is 5.87. The maximum Gasteiger partial charge on any atom is 0.337 e. The monoisotopic (exact) mass is 219 g/mol. The zero-order chi connectivity index (χ0) is 11.7. The van der Waals surface area contributed by atoms with Crippen LogP contribution in [0.25, 0.3) is 5.65 Å². The van der Waals surface area contributed by atoms with Crippen molar-refractivity contribution >= 4 is 11.6 Å². The molecule has 84 valence electrons. The average Bonchev–Trinajstić information content (AvgIpc) is 2.70. The Morgan fingerprint density at radius 3 is 2.88 bits per heavy atom. The fraction of sp³-hybridized carbons (Fsp3) is 0.364. The molecule has 0 aliphatic carbocycles. The minimum absolute atomic E-state index is 0.247. The first-order chi connectivity index (χ1) is 7.63.